The third-order valence-electron chi connectivity index (χ3n) is 3.39. The molecule has 3 rings (SSSR count). The summed E-state index contributed by atoms with van der Waals surface area (Å²) in [6, 6.07) is 7.07. The summed E-state index contributed by atoms with van der Waals surface area (Å²) in [4.78, 5) is 28.8. The first-order valence-electron chi connectivity index (χ1n) is 7.06. The van der Waals surface area contributed by atoms with E-state index in [1.165, 1.54) is 10.7 Å². The van der Waals surface area contributed by atoms with Crippen LogP contribution in [0, 0.1) is 6.92 Å². The van der Waals surface area contributed by atoms with E-state index in [2.05, 4.69) is 4.98 Å². The highest BCUT2D eigenvalue weighted by Crippen LogP contribution is 2.17. The predicted octanol–water partition coefficient (Wildman–Crippen LogP) is 2.62. The summed E-state index contributed by atoms with van der Waals surface area (Å²) < 4.78 is 7.87. The summed E-state index contributed by atoms with van der Waals surface area (Å²) in [5, 5.41) is 0.546. The molecular formula is C16H14ClN3O3. The molecule has 0 radical (unpaired) electrons. The monoisotopic (exact) mass is 331 g/mol. The van der Waals surface area contributed by atoms with Crippen LogP contribution in [0.2, 0.25) is 5.02 Å². The first-order valence-corrected chi connectivity index (χ1v) is 7.43. The zero-order chi connectivity index (χ0) is 16.6. The Balaban J connectivity index is 2.30. The van der Waals surface area contributed by atoms with Crippen molar-refractivity contribution in [3.05, 3.63) is 63.2 Å². The number of hydrogen-bond donors (Lipinski definition) is 0. The van der Waals surface area contributed by atoms with Crippen LogP contribution in [0.5, 0.6) is 0 Å². The summed E-state index contributed by atoms with van der Waals surface area (Å²) >= 11 is 6.03. The number of carbonyl (C=O) groups is 1. The van der Waals surface area contributed by atoms with E-state index in [9.17, 15) is 9.59 Å². The molecule has 3 aromatic rings. The van der Waals surface area contributed by atoms with Crippen molar-refractivity contribution in [1.82, 2.24) is 14.2 Å². The van der Waals surface area contributed by atoms with Gasteiger partial charge in [-0.25, -0.2) is 9.78 Å². The molecule has 0 amide bonds. The molecule has 23 heavy (non-hydrogen) atoms. The second kappa shape index (κ2) is 5.89. The third kappa shape index (κ3) is 2.61. The molecule has 0 bridgehead atoms. The first kappa shape index (κ1) is 15.3. The number of ether oxygens (including phenoxy) is 1. The van der Waals surface area contributed by atoms with Crippen LogP contribution in [0.4, 0.5) is 0 Å². The average molecular weight is 332 g/mol. The van der Waals surface area contributed by atoms with Gasteiger partial charge in [0, 0.05) is 23.0 Å². The smallest absolute Gasteiger partial charge is 0.345 e. The van der Waals surface area contributed by atoms with Gasteiger partial charge in [-0.1, -0.05) is 17.7 Å². The van der Waals surface area contributed by atoms with Crippen molar-refractivity contribution in [1.29, 1.82) is 0 Å². The number of nitrogens with zero attached hydrogens (tertiary/aromatic N) is 3. The van der Waals surface area contributed by atoms with Crippen molar-refractivity contribution in [2.24, 2.45) is 0 Å². The number of fused-ring (bicyclic) bond motifs is 1. The number of halogens is 1. The minimum Gasteiger partial charge on any atom is -0.462 e. The molecule has 0 aliphatic rings. The highest BCUT2D eigenvalue weighted by molar-refractivity contribution is 6.30. The van der Waals surface area contributed by atoms with Gasteiger partial charge in [-0.2, -0.15) is 4.52 Å². The molecule has 1 aromatic carbocycles. The van der Waals surface area contributed by atoms with E-state index in [1.807, 2.05) is 13.0 Å². The fourth-order valence-corrected chi connectivity index (χ4v) is 2.56. The molecule has 0 fully saturated rings. The zero-order valence-electron chi connectivity index (χ0n) is 12.6. The molecule has 0 aliphatic heterocycles. The van der Waals surface area contributed by atoms with Crippen LogP contribution in [-0.4, -0.2) is 26.8 Å². The number of aryl methyl sites for hydroxylation is 1. The summed E-state index contributed by atoms with van der Waals surface area (Å²) in [5.74, 6) is -0.684. The van der Waals surface area contributed by atoms with E-state index >= 15 is 0 Å². The van der Waals surface area contributed by atoms with Gasteiger partial charge in [0.15, 0.2) is 5.65 Å². The van der Waals surface area contributed by atoms with Crippen LogP contribution in [0.3, 0.4) is 0 Å². The van der Waals surface area contributed by atoms with E-state index in [0.29, 0.717) is 16.4 Å². The molecule has 7 heteroatoms. The Morgan fingerprint density at radius 2 is 2.17 bits per heavy atom. The van der Waals surface area contributed by atoms with Crippen LogP contribution < -0.4 is 5.56 Å². The molecule has 6 nitrogen and oxygen atoms in total. The largest absolute Gasteiger partial charge is 0.462 e. The topological polar surface area (TPSA) is 65.6 Å². The lowest BCUT2D eigenvalue weighted by molar-refractivity contribution is 0.0523. The number of aromatic nitrogens is 3. The van der Waals surface area contributed by atoms with Crippen molar-refractivity contribution >= 4 is 23.2 Å². The third-order valence-corrected chi connectivity index (χ3v) is 3.63. The number of hydrogen-bond acceptors (Lipinski definition) is 4. The van der Waals surface area contributed by atoms with E-state index in [-0.39, 0.29) is 12.2 Å². The number of benzene rings is 1. The molecule has 0 aliphatic carbocycles. The van der Waals surface area contributed by atoms with Crippen molar-refractivity contribution in [3.63, 3.8) is 0 Å². The van der Waals surface area contributed by atoms with Gasteiger partial charge in [-0.15, -0.1) is 0 Å². The Kier molecular flexibility index (Phi) is 3.92. The van der Waals surface area contributed by atoms with Crippen molar-refractivity contribution in [2.45, 2.75) is 13.8 Å². The van der Waals surface area contributed by atoms with Gasteiger partial charge in [-0.05, 0) is 32.0 Å². The minimum atomic E-state index is -0.684. The Labute approximate surface area is 136 Å². The molecule has 0 atom stereocenters. The standard InChI is InChI=1S/C16H14ClN3O3/c1-3-23-16(22)13-8-18-14-10(2)9-19(20(14)15(13)21)12-6-4-5-11(17)7-12/h4-9H,3H2,1-2H3. The maximum Gasteiger partial charge on any atom is 0.345 e. The lowest BCUT2D eigenvalue weighted by atomic mass is 10.3. The predicted molar refractivity (Wildman–Crippen MR) is 86.5 cm³/mol. The summed E-state index contributed by atoms with van der Waals surface area (Å²) in [6.07, 6.45) is 3.02. The fourth-order valence-electron chi connectivity index (χ4n) is 2.37. The second-order valence-corrected chi connectivity index (χ2v) is 5.41. The lowest BCUT2D eigenvalue weighted by Gasteiger charge is -2.08. The summed E-state index contributed by atoms with van der Waals surface area (Å²) in [5.41, 5.74) is 1.38. The van der Waals surface area contributed by atoms with E-state index in [0.717, 1.165) is 5.56 Å². The quantitative estimate of drug-likeness (QED) is 0.692. The maximum absolute atomic E-state index is 12.7. The number of carbonyl (C=O) groups excluding carboxylic acids is 1. The van der Waals surface area contributed by atoms with Crippen molar-refractivity contribution in [3.8, 4) is 5.69 Å². The van der Waals surface area contributed by atoms with Gasteiger partial charge < -0.3 is 4.74 Å². The Hall–Kier alpha value is -2.60. The van der Waals surface area contributed by atoms with Crippen LogP contribution in [0.15, 0.2) is 41.5 Å². The fraction of sp³-hybridized carbons (Fsp3) is 0.188. The molecule has 0 saturated heterocycles. The highest BCUT2D eigenvalue weighted by atomic mass is 35.5. The van der Waals surface area contributed by atoms with E-state index in [1.54, 1.807) is 36.0 Å². The van der Waals surface area contributed by atoms with Gasteiger partial charge >= 0.3 is 5.97 Å². The molecular weight excluding hydrogens is 318 g/mol. The maximum atomic E-state index is 12.7. The molecule has 0 unspecified atom stereocenters. The zero-order valence-corrected chi connectivity index (χ0v) is 13.4. The van der Waals surface area contributed by atoms with E-state index in [4.69, 9.17) is 16.3 Å². The number of esters is 1. The number of rotatable bonds is 3. The Morgan fingerprint density at radius 1 is 1.39 bits per heavy atom. The van der Waals surface area contributed by atoms with E-state index < -0.39 is 11.5 Å². The SMILES string of the molecule is CCOC(=O)c1cnc2c(C)cn(-c3cccc(Cl)c3)n2c1=O. The first-order chi connectivity index (χ1) is 11.0. The van der Waals surface area contributed by atoms with Crippen LogP contribution in [0.25, 0.3) is 11.3 Å². The van der Waals surface area contributed by atoms with Crippen LogP contribution >= 0.6 is 11.6 Å². The molecule has 0 N–H and O–H groups in total. The molecule has 0 saturated carbocycles. The van der Waals surface area contributed by atoms with Crippen LogP contribution in [-0.2, 0) is 4.74 Å². The Morgan fingerprint density at radius 3 is 2.87 bits per heavy atom. The minimum absolute atomic E-state index is 0.106. The van der Waals surface area contributed by atoms with Gasteiger partial charge in [0.25, 0.3) is 5.56 Å². The average Bonchev–Trinajstić information content (AvgIpc) is 2.86. The van der Waals surface area contributed by atoms with Crippen LogP contribution in [0.1, 0.15) is 22.8 Å². The summed E-state index contributed by atoms with van der Waals surface area (Å²) in [6.45, 7) is 3.71. The highest BCUT2D eigenvalue weighted by Gasteiger charge is 2.18. The Bertz CT molecular complexity index is 959. The van der Waals surface area contributed by atoms with Gasteiger partial charge in [0.05, 0.1) is 12.3 Å². The van der Waals surface area contributed by atoms with Crippen molar-refractivity contribution in [2.75, 3.05) is 6.61 Å². The van der Waals surface area contributed by atoms with Gasteiger partial charge in [0.2, 0.25) is 0 Å². The lowest BCUT2D eigenvalue weighted by Crippen LogP contribution is -2.27. The van der Waals surface area contributed by atoms with Gasteiger partial charge in [-0.3, -0.25) is 9.48 Å². The van der Waals surface area contributed by atoms with Crippen molar-refractivity contribution < 1.29 is 9.53 Å². The molecule has 118 valence electrons. The summed E-state index contributed by atoms with van der Waals surface area (Å²) in [7, 11) is 0. The second-order valence-electron chi connectivity index (χ2n) is 4.97. The normalized spacial score (nSPS) is 10.9. The molecule has 2 heterocycles. The molecule has 2 aromatic heterocycles. The molecule has 0 spiro atoms. The van der Waals surface area contributed by atoms with Gasteiger partial charge in [0.1, 0.15) is 5.56 Å².